The number of rotatable bonds is 5. The van der Waals surface area contributed by atoms with Gasteiger partial charge in [-0.05, 0) is 62.6 Å². The average Bonchev–Trinajstić information content (AvgIpc) is 2.38. The molecule has 0 amide bonds. The van der Waals surface area contributed by atoms with Gasteiger partial charge in [0.05, 0.1) is 12.6 Å². The molecule has 1 heterocycles. The quantitative estimate of drug-likeness (QED) is 0.887. The predicted octanol–water partition coefficient (Wildman–Crippen LogP) is 4.33. The summed E-state index contributed by atoms with van der Waals surface area (Å²) in [5.74, 6) is 0. The van der Waals surface area contributed by atoms with Crippen molar-refractivity contribution in [3.63, 3.8) is 0 Å². The van der Waals surface area contributed by atoms with Crippen LogP contribution in [0.3, 0.4) is 0 Å². The summed E-state index contributed by atoms with van der Waals surface area (Å²) in [6.45, 7) is 9.07. The Balaban J connectivity index is 2.22. The molecule has 3 heteroatoms. The van der Waals surface area contributed by atoms with Crippen LogP contribution in [0.15, 0.2) is 30.3 Å². The zero-order valence-corrected chi connectivity index (χ0v) is 13.5. The second-order valence-corrected chi connectivity index (χ2v) is 5.58. The van der Waals surface area contributed by atoms with E-state index in [2.05, 4.69) is 61.4 Å². The summed E-state index contributed by atoms with van der Waals surface area (Å²) in [7, 11) is 1.72. The van der Waals surface area contributed by atoms with E-state index in [0.29, 0.717) is 6.61 Å². The van der Waals surface area contributed by atoms with Gasteiger partial charge in [0.25, 0.3) is 0 Å². The monoisotopic (exact) mass is 284 g/mol. The van der Waals surface area contributed by atoms with Crippen LogP contribution in [0.2, 0.25) is 0 Å². The van der Waals surface area contributed by atoms with Gasteiger partial charge < -0.3 is 10.1 Å². The Hall–Kier alpha value is -1.87. The molecule has 2 aromatic rings. The summed E-state index contributed by atoms with van der Waals surface area (Å²) in [6.07, 6.45) is 0. The van der Waals surface area contributed by atoms with Crippen LogP contribution in [0.25, 0.3) is 0 Å². The fourth-order valence-electron chi connectivity index (χ4n) is 2.93. The number of anilines is 1. The van der Waals surface area contributed by atoms with E-state index in [1.807, 2.05) is 6.92 Å². The minimum Gasteiger partial charge on any atom is -0.380 e. The van der Waals surface area contributed by atoms with Crippen molar-refractivity contribution in [2.24, 2.45) is 0 Å². The van der Waals surface area contributed by atoms with E-state index < -0.39 is 0 Å². The van der Waals surface area contributed by atoms with Crippen molar-refractivity contribution in [3.8, 4) is 0 Å². The number of pyridine rings is 1. The van der Waals surface area contributed by atoms with Gasteiger partial charge in [0.2, 0.25) is 0 Å². The first kappa shape index (κ1) is 15.5. The van der Waals surface area contributed by atoms with Gasteiger partial charge in [-0.1, -0.05) is 12.1 Å². The Kier molecular flexibility index (Phi) is 4.97. The molecule has 112 valence electrons. The van der Waals surface area contributed by atoms with E-state index in [-0.39, 0.29) is 6.04 Å². The maximum atomic E-state index is 5.19. The van der Waals surface area contributed by atoms with Gasteiger partial charge in [-0.15, -0.1) is 0 Å². The van der Waals surface area contributed by atoms with Gasteiger partial charge in [0, 0.05) is 24.2 Å². The molecule has 0 spiro atoms. The first-order valence-corrected chi connectivity index (χ1v) is 7.30. The number of hydrogen-bond acceptors (Lipinski definition) is 3. The van der Waals surface area contributed by atoms with Gasteiger partial charge >= 0.3 is 0 Å². The number of methoxy groups -OCH3 is 1. The summed E-state index contributed by atoms with van der Waals surface area (Å²) in [5, 5.41) is 3.56. The molecule has 0 aliphatic heterocycles. The summed E-state index contributed by atoms with van der Waals surface area (Å²) in [5.41, 5.74) is 7.01. The van der Waals surface area contributed by atoms with Crippen molar-refractivity contribution in [2.75, 3.05) is 12.4 Å². The molecule has 1 N–H and O–H groups in total. The molecule has 21 heavy (non-hydrogen) atoms. The molecule has 0 bridgehead atoms. The molecular formula is C18H24N2O. The highest BCUT2D eigenvalue weighted by Crippen LogP contribution is 2.25. The predicted molar refractivity (Wildman–Crippen MR) is 87.6 cm³/mol. The fraction of sp³-hybridized carbons (Fsp3) is 0.389. The van der Waals surface area contributed by atoms with Gasteiger partial charge in [-0.3, -0.25) is 4.98 Å². The minimum atomic E-state index is 0.218. The van der Waals surface area contributed by atoms with Gasteiger partial charge in [-0.2, -0.15) is 0 Å². The molecule has 1 unspecified atom stereocenters. The van der Waals surface area contributed by atoms with E-state index in [0.717, 1.165) is 17.1 Å². The van der Waals surface area contributed by atoms with E-state index in [1.54, 1.807) is 7.11 Å². The topological polar surface area (TPSA) is 34.1 Å². The van der Waals surface area contributed by atoms with Crippen LogP contribution in [0.4, 0.5) is 5.69 Å². The number of nitrogens with zero attached hydrogens (tertiary/aromatic N) is 1. The van der Waals surface area contributed by atoms with Crippen LogP contribution in [-0.2, 0) is 11.3 Å². The Morgan fingerprint density at radius 2 is 1.95 bits per heavy atom. The Morgan fingerprint density at radius 3 is 2.62 bits per heavy atom. The standard InChI is InChI=1S/C18H24N2O/c1-12-9-13(2)19-14(3)18(12)15(4)20-17-8-6-7-16(10-17)11-21-5/h6-10,15,20H,11H2,1-5H3. The summed E-state index contributed by atoms with van der Waals surface area (Å²) in [6, 6.07) is 10.7. The average molecular weight is 284 g/mol. The van der Waals surface area contributed by atoms with Crippen LogP contribution in [0.1, 0.15) is 41.0 Å². The molecule has 1 aromatic carbocycles. The Morgan fingerprint density at radius 1 is 1.19 bits per heavy atom. The second kappa shape index (κ2) is 6.72. The number of hydrogen-bond donors (Lipinski definition) is 1. The van der Waals surface area contributed by atoms with Gasteiger partial charge in [-0.25, -0.2) is 0 Å². The summed E-state index contributed by atoms with van der Waals surface area (Å²) < 4.78 is 5.19. The van der Waals surface area contributed by atoms with E-state index in [9.17, 15) is 0 Å². The number of ether oxygens (including phenoxy) is 1. The van der Waals surface area contributed by atoms with E-state index in [4.69, 9.17) is 4.74 Å². The zero-order chi connectivity index (χ0) is 15.4. The van der Waals surface area contributed by atoms with Crippen molar-refractivity contribution < 1.29 is 4.74 Å². The molecule has 0 saturated heterocycles. The number of nitrogens with one attached hydrogen (secondary N) is 1. The first-order valence-electron chi connectivity index (χ1n) is 7.30. The van der Waals surface area contributed by atoms with Gasteiger partial charge in [0.15, 0.2) is 0 Å². The lowest BCUT2D eigenvalue weighted by molar-refractivity contribution is 0.185. The molecule has 2 rings (SSSR count). The van der Waals surface area contributed by atoms with Crippen LogP contribution in [-0.4, -0.2) is 12.1 Å². The number of aryl methyl sites for hydroxylation is 3. The van der Waals surface area contributed by atoms with Crippen LogP contribution in [0.5, 0.6) is 0 Å². The molecule has 0 radical (unpaired) electrons. The van der Waals surface area contributed by atoms with Crippen molar-refractivity contribution >= 4 is 5.69 Å². The highest BCUT2D eigenvalue weighted by molar-refractivity contribution is 5.49. The molecule has 0 aliphatic carbocycles. The van der Waals surface area contributed by atoms with Crippen molar-refractivity contribution in [3.05, 3.63) is 58.4 Å². The molecule has 0 saturated carbocycles. The maximum Gasteiger partial charge on any atom is 0.0713 e. The zero-order valence-electron chi connectivity index (χ0n) is 13.5. The highest BCUT2D eigenvalue weighted by atomic mass is 16.5. The lowest BCUT2D eigenvalue weighted by Gasteiger charge is -2.20. The third-order valence-corrected chi connectivity index (χ3v) is 3.64. The summed E-state index contributed by atoms with van der Waals surface area (Å²) in [4.78, 5) is 4.58. The second-order valence-electron chi connectivity index (χ2n) is 5.58. The van der Waals surface area contributed by atoms with Crippen LogP contribution < -0.4 is 5.32 Å². The maximum absolute atomic E-state index is 5.19. The molecule has 0 aliphatic rings. The smallest absolute Gasteiger partial charge is 0.0713 e. The first-order chi connectivity index (χ1) is 10.0. The fourth-order valence-corrected chi connectivity index (χ4v) is 2.93. The van der Waals surface area contributed by atoms with Crippen LogP contribution in [0, 0.1) is 20.8 Å². The normalized spacial score (nSPS) is 12.2. The minimum absolute atomic E-state index is 0.218. The number of benzene rings is 1. The summed E-state index contributed by atoms with van der Waals surface area (Å²) >= 11 is 0. The van der Waals surface area contributed by atoms with Crippen molar-refractivity contribution in [2.45, 2.75) is 40.3 Å². The molecule has 0 fully saturated rings. The third kappa shape index (κ3) is 3.82. The highest BCUT2D eigenvalue weighted by Gasteiger charge is 2.13. The Labute approximate surface area is 127 Å². The number of aromatic nitrogens is 1. The molecule has 3 nitrogen and oxygen atoms in total. The van der Waals surface area contributed by atoms with E-state index in [1.165, 1.54) is 16.7 Å². The van der Waals surface area contributed by atoms with Gasteiger partial charge in [0.1, 0.15) is 0 Å². The Bertz CT molecular complexity index is 599. The van der Waals surface area contributed by atoms with Crippen molar-refractivity contribution in [1.82, 2.24) is 4.98 Å². The SMILES string of the molecule is COCc1cccc(NC(C)c2c(C)cc(C)nc2C)c1. The lowest BCUT2D eigenvalue weighted by Crippen LogP contribution is -2.11. The molecule has 1 atom stereocenters. The molecule has 1 aromatic heterocycles. The third-order valence-electron chi connectivity index (χ3n) is 3.64. The lowest BCUT2D eigenvalue weighted by atomic mass is 10.00. The van der Waals surface area contributed by atoms with E-state index >= 15 is 0 Å². The molecular weight excluding hydrogens is 260 g/mol. The largest absolute Gasteiger partial charge is 0.380 e. The van der Waals surface area contributed by atoms with Crippen LogP contribution >= 0.6 is 0 Å². The van der Waals surface area contributed by atoms with Crippen molar-refractivity contribution in [1.29, 1.82) is 0 Å².